The van der Waals surface area contributed by atoms with Gasteiger partial charge in [0.25, 0.3) is 6.01 Å². The van der Waals surface area contributed by atoms with E-state index in [1.54, 1.807) is 6.07 Å². The Labute approximate surface area is 243 Å². The number of carbonyl (C=O) groups is 1. The number of aromatic nitrogens is 3. The number of imidazole rings is 1. The predicted octanol–water partition coefficient (Wildman–Crippen LogP) is 4.14. The van der Waals surface area contributed by atoms with Gasteiger partial charge in [0.05, 0.1) is 49.8 Å². The molecule has 0 radical (unpaired) electrons. The number of nitrogens with zero attached hydrogens (tertiary/aromatic N) is 2. The lowest BCUT2D eigenvalue weighted by Gasteiger charge is -2.27. The van der Waals surface area contributed by atoms with Gasteiger partial charge in [0.15, 0.2) is 11.8 Å². The van der Waals surface area contributed by atoms with Gasteiger partial charge in [-0.2, -0.15) is 4.98 Å². The van der Waals surface area contributed by atoms with Crippen molar-refractivity contribution in [2.24, 2.45) is 0 Å². The van der Waals surface area contributed by atoms with Crippen LogP contribution in [0.1, 0.15) is 18.4 Å². The molecule has 10 nitrogen and oxygen atoms in total. The Hall–Kier alpha value is -3.54. The number of halogens is 1. The van der Waals surface area contributed by atoms with E-state index in [0.29, 0.717) is 60.6 Å². The van der Waals surface area contributed by atoms with Gasteiger partial charge in [-0.25, -0.2) is 9.78 Å². The molecule has 4 aromatic rings. The van der Waals surface area contributed by atoms with Crippen molar-refractivity contribution in [2.75, 3.05) is 40.1 Å². The van der Waals surface area contributed by atoms with Gasteiger partial charge in [-0.05, 0) is 22.8 Å². The van der Waals surface area contributed by atoms with Crippen LogP contribution < -0.4 is 10.1 Å². The lowest BCUT2D eigenvalue weighted by Crippen LogP contribution is -2.38. The average molecular weight is 581 g/mol. The number of aliphatic hydroxyl groups is 1. The van der Waals surface area contributed by atoms with Gasteiger partial charge in [-0.1, -0.05) is 60.1 Å². The molecule has 1 aliphatic rings. The Balaban J connectivity index is 1.22. The molecular formula is C30H33ClN4O6. The topological polar surface area (TPSA) is 128 Å². The first-order valence-electron chi connectivity index (χ1n) is 13.6. The minimum absolute atomic E-state index is 0.0425. The molecule has 2 atom stereocenters. The molecule has 0 unspecified atom stereocenters. The van der Waals surface area contributed by atoms with Crippen molar-refractivity contribution in [3.8, 4) is 28.4 Å². The van der Waals surface area contributed by atoms with Crippen LogP contribution in [0.3, 0.4) is 0 Å². The standard InChI is InChI=1S/C30H33ClN4O6/c1-38-29(37)26-16-23(10-13-40-26)41-30-33-25-17-24(31)27(34-28(25)35-30)22-8-6-21(7-9-22)20-4-2-19(3-5-20)18-32-11-14-39-15-12-36/h2-9,17,23,26,32,36H,10-16,18H2,1H3,(H,33,34,35)/t23-,26+/m0/s1. The minimum Gasteiger partial charge on any atom is -0.467 e. The zero-order chi connectivity index (χ0) is 28.6. The fourth-order valence-electron chi connectivity index (χ4n) is 4.66. The fraction of sp³-hybridized carbons (Fsp3) is 0.367. The molecule has 0 aliphatic carbocycles. The molecule has 1 aliphatic heterocycles. The molecule has 41 heavy (non-hydrogen) atoms. The lowest BCUT2D eigenvalue weighted by molar-refractivity contribution is -0.160. The van der Waals surface area contributed by atoms with Crippen LogP contribution in [0.2, 0.25) is 5.02 Å². The summed E-state index contributed by atoms with van der Waals surface area (Å²) >= 11 is 6.62. The van der Waals surface area contributed by atoms with Crippen LogP contribution >= 0.6 is 11.6 Å². The number of rotatable bonds is 12. The number of hydrogen-bond acceptors (Lipinski definition) is 9. The van der Waals surface area contributed by atoms with E-state index >= 15 is 0 Å². The third-order valence-electron chi connectivity index (χ3n) is 6.82. The van der Waals surface area contributed by atoms with Crippen molar-refractivity contribution in [1.82, 2.24) is 20.3 Å². The number of esters is 1. The molecule has 0 saturated carbocycles. The van der Waals surface area contributed by atoms with Crippen molar-refractivity contribution < 1.29 is 28.8 Å². The third kappa shape index (κ3) is 7.41. The van der Waals surface area contributed by atoms with Crippen molar-refractivity contribution >= 4 is 28.7 Å². The second kappa shape index (κ2) is 13.9. The van der Waals surface area contributed by atoms with E-state index in [1.165, 1.54) is 12.7 Å². The van der Waals surface area contributed by atoms with Crippen LogP contribution in [0, 0.1) is 0 Å². The zero-order valence-electron chi connectivity index (χ0n) is 22.8. The van der Waals surface area contributed by atoms with Crippen LogP contribution in [-0.4, -0.2) is 78.3 Å². The second-order valence-corrected chi connectivity index (χ2v) is 10.1. The van der Waals surface area contributed by atoms with Crippen molar-refractivity contribution in [1.29, 1.82) is 0 Å². The predicted molar refractivity (Wildman–Crippen MR) is 155 cm³/mol. The molecule has 1 saturated heterocycles. The Morgan fingerprint density at radius 1 is 1.10 bits per heavy atom. The normalized spacial score (nSPS) is 17.0. The van der Waals surface area contributed by atoms with Gasteiger partial charge in [0.2, 0.25) is 0 Å². The molecule has 3 heterocycles. The highest BCUT2D eigenvalue weighted by Crippen LogP contribution is 2.32. The number of pyridine rings is 1. The summed E-state index contributed by atoms with van der Waals surface area (Å²) in [7, 11) is 1.34. The first-order valence-corrected chi connectivity index (χ1v) is 13.9. The number of carbonyl (C=O) groups excluding carboxylic acids is 1. The summed E-state index contributed by atoms with van der Waals surface area (Å²) in [6.07, 6.45) is 0.140. The third-order valence-corrected chi connectivity index (χ3v) is 7.10. The summed E-state index contributed by atoms with van der Waals surface area (Å²) in [6.45, 7) is 2.85. The SMILES string of the molecule is COC(=O)[C@H]1C[C@@H](Oc2nc3nc(-c4ccc(-c5ccc(CNCCOCCO)cc5)cc4)c(Cl)cc3[nH]2)CCO1. The van der Waals surface area contributed by atoms with E-state index in [4.69, 9.17) is 40.6 Å². The molecule has 11 heteroatoms. The number of ether oxygens (including phenoxy) is 4. The summed E-state index contributed by atoms with van der Waals surface area (Å²) in [6, 6.07) is 18.6. The highest BCUT2D eigenvalue weighted by molar-refractivity contribution is 6.33. The number of benzene rings is 2. The molecular weight excluding hydrogens is 548 g/mol. The maximum Gasteiger partial charge on any atom is 0.335 e. The molecule has 0 amide bonds. The summed E-state index contributed by atoms with van der Waals surface area (Å²) < 4.78 is 21.5. The van der Waals surface area contributed by atoms with Crippen LogP contribution in [0.4, 0.5) is 0 Å². The summed E-state index contributed by atoms with van der Waals surface area (Å²) in [5, 5.41) is 12.6. The quantitative estimate of drug-likeness (QED) is 0.167. The maximum absolute atomic E-state index is 11.8. The maximum atomic E-state index is 11.8. The van der Waals surface area contributed by atoms with Gasteiger partial charge in [0.1, 0.15) is 6.10 Å². The Bertz CT molecular complexity index is 1440. The number of methoxy groups -OCH3 is 1. The van der Waals surface area contributed by atoms with Crippen molar-refractivity contribution in [3.05, 3.63) is 65.2 Å². The largest absolute Gasteiger partial charge is 0.467 e. The molecule has 216 valence electrons. The molecule has 5 rings (SSSR count). The Morgan fingerprint density at radius 3 is 2.56 bits per heavy atom. The van der Waals surface area contributed by atoms with Crippen LogP contribution in [0.15, 0.2) is 54.6 Å². The summed E-state index contributed by atoms with van der Waals surface area (Å²) in [5.74, 6) is -0.408. The number of H-pyrrole nitrogens is 1. The van der Waals surface area contributed by atoms with E-state index < -0.39 is 12.1 Å². The molecule has 2 aromatic carbocycles. The van der Waals surface area contributed by atoms with E-state index in [0.717, 1.165) is 29.8 Å². The number of aliphatic hydroxyl groups excluding tert-OH is 1. The lowest BCUT2D eigenvalue weighted by atomic mass is 10.0. The minimum atomic E-state index is -0.644. The molecule has 0 spiro atoms. The molecule has 3 N–H and O–H groups in total. The van der Waals surface area contributed by atoms with Gasteiger partial charge < -0.3 is 34.4 Å². The van der Waals surface area contributed by atoms with Crippen LogP contribution in [0.25, 0.3) is 33.5 Å². The smallest absolute Gasteiger partial charge is 0.335 e. The fourth-order valence-corrected chi connectivity index (χ4v) is 4.92. The first-order chi connectivity index (χ1) is 20.0. The van der Waals surface area contributed by atoms with E-state index in [2.05, 4.69) is 39.6 Å². The highest BCUT2D eigenvalue weighted by Gasteiger charge is 2.30. The van der Waals surface area contributed by atoms with Crippen LogP contribution in [-0.2, 0) is 25.5 Å². The first kappa shape index (κ1) is 29.0. The molecule has 2 aromatic heterocycles. The zero-order valence-corrected chi connectivity index (χ0v) is 23.5. The van der Waals surface area contributed by atoms with E-state index in [9.17, 15) is 4.79 Å². The highest BCUT2D eigenvalue weighted by atomic mass is 35.5. The van der Waals surface area contributed by atoms with E-state index in [-0.39, 0.29) is 12.7 Å². The number of aromatic amines is 1. The van der Waals surface area contributed by atoms with Crippen molar-refractivity contribution in [2.45, 2.75) is 31.6 Å². The summed E-state index contributed by atoms with van der Waals surface area (Å²) in [5.41, 5.74) is 6.03. The van der Waals surface area contributed by atoms with Crippen molar-refractivity contribution in [3.63, 3.8) is 0 Å². The van der Waals surface area contributed by atoms with Gasteiger partial charge in [-0.3, -0.25) is 0 Å². The Morgan fingerprint density at radius 2 is 1.83 bits per heavy atom. The van der Waals surface area contributed by atoms with Crippen LogP contribution in [0.5, 0.6) is 6.01 Å². The number of hydrogen-bond donors (Lipinski definition) is 3. The second-order valence-electron chi connectivity index (χ2n) is 9.67. The molecule has 0 bridgehead atoms. The van der Waals surface area contributed by atoms with E-state index in [1.807, 2.05) is 24.3 Å². The van der Waals surface area contributed by atoms with Gasteiger partial charge in [-0.15, -0.1) is 0 Å². The summed E-state index contributed by atoms with van der Waals surface area (Å²) in [4.78, 5) is 24.2. The monoisotopic (exact) mass is 580 g/mol. The van der Waals surface area contributed by atoms with Gasteiger partial charge in [0, 0.05) is 31.5 Å². The number of nitrogens with one attached hydrogen (secondary N) is 2. The Kier molecular flexibility index (Phi) is 9.81. The number of fused-ring (bicyclic) bond motifs is 1. The molecule has 1 fully saturated rings. The van der Waals surface area contributed by atoms with Gasteiger partial charge >= 0.3 is 5.97 Å². The average Bonchev–Trinajstić information content (AvgIpc) is 3.39.